The van der Waals surface area contributed by atoms with Gasteiger partial charge in [-0.25, -0.2) is 0 Å². The average molecular weight is 245 g/mol. The molecule has 0 radical (unpaired) electrons. The number of pyridine rings is 1. The normalized spacial score (nSPS) is 9.83. The Hall–Kier alpha value is -1.64. The molecule has 0 bridgehead atoms. The molecule has 2 aromatic heterocycles. The molecule has 0 amide bonds. The van der Waals surface area contributed by atoms with Crippen molar-refractivity contribution in [2.45, 2.75) is 47.6 Å². The Morgan fingerprint density at radius 1 is 1.11 bits per heavy atom. The quantitative estimate of drug-likeness (QED) is 0.829. The first-order chi connectivity index (χ1) is 8.68. The number of rotatable bonds is 3. The molecule has 0 aromatic carbocycles. The summed E-state index contributed by atoms with van der Waals surface area (Å²) in [5.74, 6) is 0. The summed E-state index contributed by atoms with van der Waals surface area (Å²) in [6, 6.07) is 6.02. The van der Waals surface area contributed by atoms with E-state index in [1.807, 2.05) is 32.2 Å². The highest BCUT2D eigenvalue weighted by Gasteiger charge is 2.06. The van der Waals surface area contributed by atoms with E-state index in [0.717, 1.165) is 24.4 Å². The van der Waals surface area contributed by atoms with Gasteiger partial charge >= 0.3 is 0 Å². The van der Waals surface area contributed by atoms with Crippen LogP contribution in [0.1, 0.15) is 36.5 Å². The SMILES string of the molecule is CC.Cc1nn(CCc2ccccn2)c(C)c1C. The highest BCUT2D eigenvalue weighted by Crippen LogP contribution is 2.11. The Labute approximate surface area is 110 Å². The van der Waals surface area contributed by atoms with Crippen LogP contribution in [-0.2, 0) is 13.0 Å². The van der Waals surface area contributed by atoms with Gasteiger partial charge in [-0.1, -0.05) is 19.9 Å². The van der Waals surface area contributed by atoms with E-state index in [1.54, 1.807) is 0 Å². The van der Waals surface area contributed by atoms with Crippen LogP contribution in [0, 0.1) is 20.8 Å². The summed E-state index contributed by atoms with van der Waals surface area (Å²) in [7, 11) is 0. The van der Waals surface area contributed by atoms with Gasteiger partial charge in [0.1, 0.15) is 0 Å². The van der Waals surface area contributed by atoms with Crippen molar-refractivity contribution in [3.05, 3.63) is 47.0 Å². The third-order valence-corrected chi connectivity index (χ3v) is 3.05. The lowest BCUT2D eigenvalue weighted by molar-refractivity contribution is 0.588. The maximum Gasteiger partial charge on any atom is 0.0625 e. The molecule has 0 fully saturated rings. The molecule has 0 spiro atoms. The molecule has 18 heavy (non-hydrogen) atoms. The summed E-state index contributed by atoms with van der Waals surface area (Å²) in [5.41, 5.74) is 4.79. The zero-order chi connectivity index (χ0) is 13.5. The second-order valence-electron chi connectivity index (χ2n) is 4.09. The van der Waals surface area contributed by atoms with E-state index >= 15 is 0 Å². The van der Waals surface area contributed by atoms with E-state index in [9.17, 15) is 0 Å². The molecule has 0 aliphatic rings. The van der Waals surface area contributed by atoms with Gasteiger partial charge in [0, 0.05) is 30.6 Å². The highest BCUT2D eigenvalue weighted by molar-refractivity contribution is 5.22. The minimum absolute atomic E-state index is 0.900. The zero-order valence-corrected chi connectivity index (χ0v) is 12.1. The molecular weight excluding hydrogens is 222 g/mol. The minimum atomic E-state index is 0.900. The zero-order valence-electron chi connectivity index (χ0n) is 12.1. The van der Waals surface area contributed by atoms with Gasteiger partial charge in [-0.2, -0.15) is 5.10 Å². The van der Waals surface area contributed by atoms with E-state index in [1.165, 1.54) is 11.3 Å². The van der Waals surface area contributed by atoms with Crippen molar-refractivity contribution in [1.29, 1.82) is 0 Å². The van der Waals surface area contributed by atoms with Crippen molar-refractivity contribution in [2.75, 3.05) is 0 Å². The molecular formula is C15H23N3. The van der Waals surface area contributed by atoms with Gasteiger partial charge in [-0.15, -0.1) is 0 Å². The predicted octanol–water partition coefficient (Wildman–Crippen LogP) is 3.47. The van der Waals surface area contributed by atoms with E-state index < -0.39 is 0 Å². The fourth-order valence-electron chi connectivity index (χ4n) is 1.77. The maximum absolute atomic E-state index is 4.51. The Bertz CT molecular complexity index is 472. The molecule has 3 nitrogen and oxygen atoms in total. The van der Waals surface area contributed by atoms with Crippen LogP contribution in [0.25, 0.3) is 0 Å². The third-order valence-electron chi connectivity index (χ3n) is 3.05. The summed E-state index contributed by atoms with van der Waals surface area (Å²) in [6.07, 6.45) is 2.77. The standard InChI is InChI=1S/C13H17N3.C2H6/c1-10-11(2)15-16(12(10)3)9-7-13-6-4-5-8-14-13;1-2/h4-6,8H,7,9H2,1-3H3;1-2H3. The Kier molecular flexibility index (Phi) is 5.56. The largest absolute Gasteiger partial charge is 0.269 e. The molecule has 0 atom stereocenters. The minimum Gasteiger partial charge on any atom is -0.269 e. The molecule has 2 heterocycles. The van der Waals surface area contributed by atoms with E-state index in [0.29, 0.717) is 0 Å². The van der Waals surface area contributed by atoms with Crippen LogP contribution in [0.4, 0.5) is 0 Å². The Morgan fingerprint density at radius 3 is 2.33 bits per heavy atom. The van der Waals surface area contributed by atoms with Gasteiger partial charge < -0.3 is 0 Å². The van der Waals surface area contributed by atoms with Crippen LogP contribution in [0.2, 0.25) is 0 Å². The summed E-state index contributed by atoms with van der Waals surface area (Å²) in [4.78, 5) is 4.31. The van der Waals surface area contributed by atoms with Crippen LogP contribution in [0.5, 0.6) is 0 Å². The van der Waals surface area contributed by atoms with Gasteiger partial charge in [0.25, 0.3) is 0 Å². The van der Waals surface area contributed by atoms with Crippen LogP contribution in [-0.4, -0.2) is 14.8 Å². The Morgan fingerprint density at radius 2 is 1.83 bits per heavy atom. The van der Waals surface area contributed by atoms with E-state index in [4.69, 9.17) is 0 Å². The summed E-state index contributed by atoms with van der Waals surface area (Å²) >= 11 is 0. The van der Waals surface area contributed by atoms with Crippen molar-refractivity contribution < 1.29 is 0 Å². The second kappa shape index (κ2) is 6.94. The molecule has 0 aliphatic heterocycles. The molecule has 3 heteroatoms. The van der Waals surface area contributed by atoms with E-state index in [-0.39, 0.29) is 0 Å². The number of hydrogen-bond donors (Lipinski definition) is 0. The van der Waals surface area contributed by atoms with Crippen molar-refractivity contribution in [3.8, 4) is 0 Å². The predicted molar refractivity (Wildman–Crippen MR) is 75.7 cm³/mol. The van der Waals surface area contributed by atoms with E-state index in [2.05, 4.69) is 41.6 Å². The number of hydrogen-bond acceptors (Lipinski definition) is 2. The van der Waals surface area contributed by atoms with Crippen molar-refractivity contribution >= 4 is 0 Å². The van der Waals surface area contributed by atoms with Gasteiger partial charge in [0.05, 0.1) is 5.69 Å². The summed E-state index contributed by atoms with van der Waals surface area (Å²) in [5, 5.41) is 4.51. The van der Waals surface area contributed by atoms with Crippen LogP contribution in [0.15, 0.2) is 24.4 Å². The van der Waals surface area contributed by atoms with Crippen LogP contribution < -0.4 is 0 Å². The average Bonchev–Trinajstić information content (AvgIpc) is 2.67. The molecule has 2 rings (SSSR count). The smallest absolute Gasteiger partial charge is 0.0625 e. The fraction of sp³-hybridized carbons (Fsp3) is 0.467. The lowest BCUT2D eigenvalue weighted by atomic mass is 10.2. The molecule has 98 valence electrons. The lowest BCUT2D eigenvalue weighted by Gasteiger charge is -2.04. The van der Waals surface area contributed by atoms with Crippen LogP contribution >= 0.6 is 0 Å². The van der Waals surface area contributed by atoms with Crippen LogP contribution in [0.3, 0.4) is 0 Å². The lowest BCUT2D eigenvalue weighted by Crippen LogP contribution is -2.06. The summed E-state index contributed by atoms with van der Waals surface area (Å²) in [6.45, 7) is 11.2. The molecule has 0 saturated heterocycles. The van der Waals surface area contributed by atoms with Crippen molar-refractivity contribution in [2.24, 2.45) is 0 Å². The third kappa shape index (κ3) is 3.42. The molecule has 2 aromatic rings. The first-order valence-electron chi connectivity index (χ1n) is 6.59. The maximum atomic E-state index is 4.51. The number of aryl methyl sites for hydroxylation is 3. The number of aromatic nitrogens is 3. The molecule has 0 N–H and O–H groups in total. The molecule has 0 unspecified atom stereocenters. The fourth-order valence-corrected chi connectivity index (χ4v) is 1.77. The first kappa shape index (κ1) is 14.4. The van der Waals surface area contributed by atoms with Gasteiger partial charge in [-0.05, 0) is 38.5 Å². The monoisotopic (exact) mass is 245 g/mol. The Balaban J connectivity index is 0.000000771. The number of nitrogens with zero attached hydrogens (tertiary/aromatic N) is 3. The first-order valence-corrected chi connectivity index (χ1v) is 6.59. The highest BCUT2D eigenvalue weighted by atomic mass is 15.3. The van der Waals surface area contributed by atoms with Gasteiger partial charge in [-0.3, -0.25) is 9.67 Å². The second-order valence-corrected chi connectivity index (χ2v) is 4.09. The summed E-state index contributed by atoms with van der Waals surface area (Å²) < 4.78 is 2.07. The molecule has 0 saturated carbocycles. The van der Waals surface area contributed by atoms with Crippen molar-refractivity contribution in [1.82, 2.24) is 14.8 Å². The molecule has 0 aliphatic carbocycles. The van der Waals surface area contributed by atoms with Gasteiger partial charge in [0.2, 0.25) is 0 Å². The van der Waals surface area contributed by atoms with Crippen molar-refractivity contribution in [3.63, 3.8) is 0 Å². The topological polar surface area (TPSA) is 30.7 Å². The van der Waals surface area contributed by atoms with Gasteiger partial charge in [0.15, 0.2) is 0 Å².